The molecule has 1 aromatic heterocycles. The first-order valence-electron chi connectivity index (χ1n) is 4.81. The number of hydrogen-bond donors (Lipinski definition) is 0. The molecule has 1 heterocycles. The van der Waals surface area contributed by atoms with E-state index in [1.54, 1.807) is 6.07 Å². The zero-order valence-corrected chi connectivity index (χ0v) is 11.9. The van der Waals surface area contributed by atoms with Gasteiger partial charge in [-0.15, -0.1) is 0 Å². The molecule has 18 heavy (non-hydrogen) atoms. The molecular weight excluding hydrogens is 344 g/mol. The first-order valence-corrected chi connectivity index (χ1v) is 6.36. The summed E-state index contributed by atoms with van der Waals surface area (Å²) >= 11 is 14.6. The quantitative estimate of drug-likeness (QED) is 0.590. The molecule has 0 N–H and O–H groups in total. The van der Waals surface area contributed by atoms with E-state index < -0.39 is 11.6 Å². The van der Waals surface area contributed by atoms with Crippen LogP contribution in [0, 0.1) is 5.82 Å². The summed E-state index contributed by atoms with van der Waals surface area (Å²) in [6.07, 6.45) is 1.41. The third-order valence-electron chi connectivity index (χ3n) is 2.25. The van der Waals surface area contributed by atoms with E-state index in [1.807, 2.05) is 0 Å². The number of ketones is 1. The zero-order valence-electron chi connectivity index (χ0n) is 8.75. The summed E-state index contributed by atoms with van der Waals surface area (Å²) in [5.41, 5.74) is -0.166. The maximum Gasteiger partial charge on any atom is 0.215 e. The summed E-state index contributed by atoms with van der Waals surface area (Å²) in [6, 6.07) is 5.93. The van der Waals surface area contributed by atoms with Crippen LogP contribution in [-0.4, -0.2) is 10.8 Å². The van der Waals surface area contributed by atoms with Gasteiger partial charge in [0.1, 0.15) is 5.69 Å². The van der Waals surface area contributed by atoms with Crippen LogP contribution in [0.15, 0.2) is 34.9 Å². The molecule has 92 valence electrons. The highest BCUT2D eigenvalue weighted by molar-refractivity contribution is 9.10. The Kier molecular flexibility index (Phi) is 4.00. The SMILES string of the molecule is O=C(c1ccc(Br)c(Cl)c1F)c1ncccc1Cl. The molecule has 6 heteroatoms. The van der Waals surface area contributed by atoms with Crippen molar-refractivity contribution < 1.29 is 9.18 Å². The number of carbonyl (C=O) groups excluding carboxylic acids is 1. The molecule has 2 nitrogen and oxygen atoms in total. The Hall–Kier alpha value is -0.970. The minimum Gasteiger partial charge on any atom is -0.287 e. The Labute approximate surface area is 121 Å². The summed E-state index contributed by atoms with van der Waals surface area (Å²) in [5, 5.41) is 0.0221. The molecule has 2 rings (SSSR count). The number of halogens is 4. The number of rotatable bonds is 2. The Morgan fingerprint density at radius 2 is 2.00 bits per heavy atom. The molecule has 1 aromatic carbocycles. The van der Waals surface area contributed by atoms with Gasteiger partial charge in [0.2, 0.25) is 5.78 Å². The number of nitrogens with zero attached hydrogens (tertiary/aromatic N) is 1. The average molecular weight is 349 g/mol. The van der Waals surface area contributed by atoms with Gasteiger partial charge in [-0.3, -0.25) is 9.78 Å². The van der Waals surface area contributed by atoms with Gasteiger partial charge in [-0.25, -0.2) is 4.39 Å². The second-order valence-corrected chi connectivity index (χ2v) is 5.03. The fraction of sp³-hybridized carbons (Fsp3) is 0. The topological polar surface area (TPSA) is 30.0 Å². The molecule has 0 radical (unpaired) electrons. The van der Waals surface area contributed by atoms with Crippen LogP contribution in [0.25, 0.3) is 0 Å². The van der Waals surface area contributed by atoms with E-state index in [0.717, 1.165) is 0 Å². The molecule has 0 saturated carbocycles. The van der Waals surface area contributed by atoms with E-state index in [0.29, 0.717) is 4.47 Å². The van der Waals surface area contributed by atoms with E-state index in [9.17, 15) is 9.18 Å². The lowest BCUT2D eigenvalue weighted by molar-refractivity contribution is 0.103. The molecule has 0 bridgehead atoms. The van der Waals surface area contributed by atoms with E-state index in [-0.39, 0.29) is 21.3 Å². The van der Waals surface area contributed by atoms with Crippen molar-refractivity contribution in [2.24, 2.45) is 0 Å². The second-order valence-electron chi connectivity index (χ2n) is 3.39. The lowest BCUT2D eigenvalue weighted by Gasteiger charge is -2.06. The van der Waals surface area contributed by atoms with Crippen LogP contribution >= 0.6 is 39.1 Å². The van der Waals surface area contributed by atoms with E-state index in [2.05, 4.69) is 20.9 Å². The van der Waals surface area contributed by atoms with Crippen molar-refractivity contribution in [2.75, 3.05) is 0 Å². The van der Waals surface area contributed by atoms with Gasteiger partial charge in [0.05, 0.1) is 15.6 Å². The molecule has 0 aliphatic heterocycles. The minimum atomic E-state index is -0.794. The van der Waals surface area contributed by atoms with Gasteiger partial charge >= 0.3 is 0 Å². The fourth-order valence-corrected chi connectivity index (χ4v) is 2.06. The standard InChI is InChI=1S/C12H5BrCl2FNO/c13-7-4-3-6(10(16)9(7)15)12(18)11-8(14)2-1-5-17-11/h1-5H. The van der Waals surface area contributed by atoms with Crippen LogP contribution in [0.3, 0.4) is 0 Å². The van der Waals surface area contributed by atoms with Gasteiger partial charge in [0.15, 0.2) is 5.82 Å². The molecule has 0 atom stereocenters. The molecule has 0 amide bonds. The molecule has 0 spiro atoms. The van der Waals surface area contributed by atoms with E-state index >= 15 is 0 Å². The number of aromatic nitrogens is 1. The first kappa shape index (κ1) is 13.5. The predicted molar refractivity (Wildman–Crippen MR) is 71.8 cm³/mol. The normalized spacial score (nSPS) is 10.4. The van der Waals surface area contributed by atoms with Crippen molar-refractivity contribution in [2.45, 2.75) is 0 Å². The van der Waals surface area contributed by atoms with Gasteiger partial charge in [0.25, 0.3) is 0 Å². The van der Waals surface area contributed by atoms with Crippen LogP contribution < -0.4 is 0 Å². The zero-order chi connectivity index (χ0) is 13.3. The predicted octanol–water partition coefficient (Wildman–Crippen LogP) is 4.52. The van der Waals surface area contributed by atoms with Gasteiger partial charge in [0, 0.05) is 10.7 Å². The largest absolute Gasteiger partial charge is 0.287 e. The third-order valence-corrected chi connectivity index (χ3v) is 3.82. The number of pyridine rings is 1. The summed E-state index contributed by atoms with van der Waals surface area (Å²) in [6.45, 7) is 0. The first-order chi connectivity index (χ1) is 8.52. The number of carbonyl (C=O) groups is 1. The summed E-state index contributed by atoms with van der Waals surface area (Å²) in [4.78, 5) is 15.9. The van der Waals surface area contributed by atoms with Crippen molar-refractivity contribution >= 4 is 44.9 Å². The molecule has 0 aliphatic rings. The lowest BCUT2D eigenvalue weighted by Crippen LogP contribution is -2.07. The highest BCUT2D eigenvalue weighted by Crippen LogP contribution is 2.29. The Balaban J connectivity index is 2.54. The lowest BCUT2D eigenvalue weighted by atomic mass is 10.1. The van der Waals surface area contributed by atoms with Gasteiger partial charge in [-0.05, 0) is 40.2 Å². The van der Waals surface area contributed by atoms with Crippen molar-refractivity contribution in [3.05, 3.63) is 62.1 Å². The van der Waals surface area contributed by atoms with Gasteiger partial charge < -0.3 is 0 Å². The minimum absolute atomic E-state index is 0.00328. The smallest absolute Gasteiger partial charge is 0.215 e. The maximum atomic E-state index is 13.9. The fourth-order valence-electron chi connectivity index (χ4n) is 1.38. The van der Waals surface area contributed by atoms with Crippen LogP contribution in [0.4, 0.5) is 4.39 Å². The number of hydrogen-bond acceptors (Lipinski definition) is 2. The summed E-state index contributed by atoms with van der Waals surface area (Å²) in [7, 11) is 0. The molecule has 2 aromatic rings. The van der Waals surface area contributed by atoms with Crippen LogP contribution in [0.5, 0.6) is 0 Å². The van der Waals surface area contributed by atoms with E-state index in [4.69, 9.17) is 23.2 Å². The Bertz CT molecular complexity index is 633. The molecule has 0 saturated heterocycles. The molecular formula is C12H5BrCl2FNO. The average Bonchev–Trinajstić information content (AvgIpc) is 2.36. The summed E-state index contributed by atoms with van der Waals surface area (Å²) in [5.74, 6) is -1.40. The molecule has 0 aliphatic carbocycles. The van der Waals surface area contributed by atoms with Crippen LogP contribution in [0.2, 0.25) is 10.0 Å². The van der Waals surface area contributed by atoms with Crippen molar-refractivity contribution in [1.82, 2.24) is 4.98 Å². The second kappa shape index (κ2) is 5.34. The van der Waals surface area contributed by atoms with Crippen LogP contribution in [-0.2, 0) is 0 Å². The highest BCUT2D eigenvalue weighted by Gasteiger charge is 2.20. The van der Waals surface area contributed by atoms with Crippen molar-refractivity contribution in [1.29, 1.82) is 0 Å². The van der Waals surface area contributed by atoms with E-state index in [1.165, 1.54) is 24.4 Å². The number of benzene rings is 1. The highest BCUT2D eigenvalue weighted by atomic mass is 79.9. The molecule has 0 unspecified atom stereocenters. The van der Waals surface area contributed by atoms with Crippen LogP contribution in [0.1, 0.15) is 16.1 Å². The summed E-state index contributed by atoms with van der Waals surface area (Å²) < 4.78 is 14.3. The molecule has 0 fully saturated rings. The van der Waals surface area contributed by atoms with Gasteiger partial charge in [-0.2, -0.15) is 0 Å². The maximum absolute atomic E-state index is 13.9. The Morgan fingerprint density at radius 3 is 2.67 bits per heavy atom. The Morgan fingerprint density at radius 1 is 1.28 bits per heavy atom. The van der Waals surface area contributed by atoms with Crippen molar-refractivity contribution in [3.63, 3.8) is 0 Å². The van der Waals surface area contributed by atoms with Gasteiger partial charge in [-0.1, -0.05) is 23.2 Å². The monoisotopic (exact) mass is 347 g/mol. The third kappa shape index (κ3) is 2.41. The van der Waals surface area contributed by atoms with Crippen molar-refractivity contribution in [3.8, 4) is 0 Å².